The number of nitrogens with one attached hydrogen (secondary N) is 1. The molecule has 0 bridgehead atoms. The maximum absolute atomic E-state index is 12.9. The molecule has 0 radical (unpaired) electrons. The van der Waals surface area contributed by atoms with Gasteiger partial charge in [0.25, 0.3) is 0 Å². The van der Waals surface area contributed by atoms with E-state index in [-0.39, 0.29) is 17.8 Å². The molecule has 0 atom stereocenters. The fraction of sp³-hybridized carbons (Fsp3) is 0.647. The van der Waals surface area contributed by atoms with Crippen LogP contribution in [0.5, 0.6) is 0 Å². The van der Waals surface area contributed by atoms with Gasteiger partial charge in [-0.3, -0.25) is 0 Å². The summed E-state index contributed by atoms with van der Waals surface area (Å²) in [6, 6.07) is 7.49. The SMILES string of the molecule is CC(C)(CCCO)CNC1CC(c2ccc(F)cc2)C1. The minimum Gasteiger partial charge on any atom is -0.396 e. The van der Waals surface area contributed by atoms with Crippen LogP contribution in [0.3, 0.4) is 0 Å². The van der Waals surface area contributed by atoms with Gasteiger partial charge in [0.2, 0.25) is 0 Å². The second-order valence-electron chi connectivity index (χ2n) is 6.79. The molecule has 1 aromatic carbocycles. The third-order valence-electron chi connectivity index (χ3n) is 4.36. The molecule has 20 heavy (non-hydrogen) atoms. The van der Waals surface area contributed by atoms with E-state index in [1.807, 2.05) is 12.1 Å². The lowest BCUT2D eigenvalue weighted by atomic mass is 9.75. The van der Waals surface area contributed by atoms with Crippen molar-refractivity contribution >= 4 is 0 Å². The van der Waals surface area contributed by atoms with Crippen molar-refractivity contribution in [3.8, 4) is 0 Å². The van der Waals surface area contributed by atoms with Gasteiger partial charge in [-0.25, -0.2) is 4.39 Å². The fourth-order valence-corrected chi connectivity index (χ4v) is 2.86. The first kappa shape index (κ1) is 15.5. The Kier molecular flexibility index (Phi) is 5.17. The van der Waals surface area contributed by atoms with E-state index in [2.05, 4.69) is 19.2 Å². The van der Waals surface area contributed by atoms with Crippen molar-refractivity contribution in [1.82, 2.24) is 5.32 Å². The Morgan fingerprint density at radius 1 is 1.25 bits per heavy atom. The number of halogens is 1. The zero-order chi connectivity index (χ0) is 14.6. The monoisotopic (exact) mass is 279 g/mol. The number of rotatable bonds is 7. The van der Waals surface area contributed by atoms with Crippen LogP contribution in [-0.2, 0) is 0 Å². The topological polar surface area (TPSA) is 32.3 Å². The first-order valence-electron chi connectivity index (χ1n) is 7.60. The molecule has 1 fully saturated rings. The molecule has 0 unspecified atom stereocenters. The van der Waals surface area contributed by atoms with Crippen LogP contribution in [0.25, 0.3) is 0 Å². The molecule has 1 aliphatic carbocycles. The normalized spacial score (nSPS) is 22.6. The predicted molar refractivity (Wildman–Crippen MR) is 80.3 cm³/mol. The second-order valence-corrected chi connectivity index (χ2v) is 6.79. The summed E-state index contributed by atoms with van der Waals surface area (Å²) in [6.45, 7) is 5.75. The summed E-state index contributed by atoms with van der Waals surface area (Å²) in [5.74, 6) is 0.419. The van der Waals surface area contributed by atoms with Crippen LogP contribution in [-0.4, -0.2) is 24.3 Å². The second kappa shape index (κ2) is 6.68. The van der Waals surface area contributed by atoms with Crippen LogP contribution in [0.1, 0.15) is 51.0 Å². The largest absolute Gasteiger partial charge is 0.396 e. The van der Waals surface area contributed by atoms with E-state index in [0.717, 1.165) is 32.2 Å². The van der Waals surface area contributed by atoms with Crippen molar-refractivity contribution in [2.75, 3.05) is 13.2 Å². The van der Waals surface area contributed by atoms with Gasteiger partial charge in [0.15, 0.2) is 0 Å². The molecule has 0 saturated heterocycles. The zero-order valence-corrected chi connectivity index (χ0v) is 12.5. The predicted octanol–water partition coefficient (Wildman–Crippen LogP) is 3.46. The van der Waals surface area contributed by atoms with Crippen molar-refractivity contribution < 1.29 is 9.50 Å². The van der Waals surface area contributed by atoms with Gasteiger partial charge in [-0.15, -0.1) is 0 Å². The third-order valence-corrected chi connectivity index (χ3v) is 4.36. The van der Waals surface area contributed by atoms with Crippen LogP contribution in [0, 0.1) is 11.2 Å². The first-order valence-corrected chi connectivity index (χ1v) is 7.60. The quantitative estimate of drug-likeness (QED) is 0.801. The molecule has 0 amide bonds. The fourth-order valence-electron chi connectivity index (χ4n) is 2.86. The molecule has 0 spiro atoms. The van der Waals surface area contributed by atoms with E-state index >= 15 is 0 Å². The van der Waals surface area contributed by atoms with Gasteiger partial charge in [-0.1, -0.05) is 26.0 Å². The maximum atomic E-state index is 12.9. The number of benzene rings is 1. The summed E-state index contributed by atoms with van der Waals surface area (Å²) in [5, 5.41) is 12.5. The van der Waals surface area contributed by atoms with E-state index in [0.29, 0.717) is 12.0 Å². The molecule has 0 aromatic heterocycles. The molecule has 1 aliphatic rings. The van der Waals surface area contributed by atoms with Crippen LogP contribution in [0.2, 0.25) is 0 Å². The Balaban J connectivity index is 1.70. The Morgan fingerprint density at radius 3 is 2.50 bits per heavy atom. The molecule has 112 valence electrons. The van der Waals surface area contributed by atoms with Crippen LogP contribution >= 0.6 is 0 Å². The van der Waals surface area contributed by atoms with Gasteiger partial charge in [-0.05, 0) is 54.7 Å². The van der Waals surface area contributed by atoms with Gasteiger partial charge in [-0.2, -0.15) is 0 Å². The Labute approximate surface area is 121 Å². The molecule has 2 N–H and O–H groups in total. The van der Waals surface area contributed by atoms with E-state index in [1.54, 1.807) is 12.1 Å². The molecular weight excluding hydrogens is 253 g/mol. The Morgan fingerprint density at radius 2 is 1.90 bits per heavy atom. The van der Waals surface area contributed by atoms with E-state index in [9.17, 15) is 4.39 Å². The molecule has 2 nitrogen and oxygen atoms in total. The molecule has 0 aliphatic heterocycles. The van der Waals surface area contributed by atoms with Crippen LogP contribution in [0.15, 0.2) is 24.3 Å². The highest BCUT2D eigenvalue weighted by Crippen LogP contribution is 2.37. The van der Waals surface area contributed by atoms with Crippen molar-refractivity contribution in [2.45, 2.75) is 51.5 Å². The van der Waals surface area contributed by atoms with Gasteiger partial charge >= 0.3 is 0 Å². The Bertz CT molecular complexity index is 410. The van der Waals surface area contributed by atoms with Gasteiger partial charge < -0.3 is 10.4 Å². The summed E-state index contributed by atoms with van der Waals surface area (Å²) >= 11 is 0. The van der Waals surface area contributed by atoms with Gasteiger partial charge in [0, 0.05) is 19.2 Å². The van der Waals surface area contributed by atoms with E-state index < -0.39 is 0 Å². The molecule has 3 heteroatoms. The lowest BCUT2D eigenvalue weighted by molar-refractivity contribution is 0.210. The highest BCUT2D eigenvalue weighted by atomic mass is 19.1. The van der Waals surface area contributed by atoms with Crippen LogP contribution < -0.4 is 5.32 Å². The summed E-state index contributed by atoms with van der Waals surface area (Å²) < 4.78 is 12.9. The number of hydrogen-bond donors (Lipinski definition) is 2. The third kappa shape index (κ3) is 4.29. The number of aliphatic hydroxyl groups excluding tert-OH is 1. The highest BCUT2D eigenvalue weighted by molar-refractivity contribution is 5.23. The van der Waals surface area contributed by atoms with Crippen molar-refractivity contribution in [1.29, 1.82) is 0 Å². The summed E-state index contributed by atoms with van der Waals surface area (Å²) in [4.78, 5) is 0. The van der Waals surface area contributed by atoms with E-state index in [4.69, 9.17) is 5.11 Å². The van der Waals surface area contributed by atoms with Crippen molar-refractivity contribution in [3.63, 3.8) is 0 Å². The molecule has 1 aromatic rings. The summed E-state index contributed by atoms with van der Waals surface area (Å²) in [7, 11) is 0. The van der Waals surface area contributed by atoms with Crippen molar-refractivity contribution in [3.05, 3.63) is 35.6 Å². The van der Waals surface area contributed by atoms with Crippen molar-refractivity contribution in [2.24, 2.45) is 5.41 Å². The van der Waals surface area contributed by atoms with Gasteiger partial charge in [0.05, 0.1) is 0 Å². The minimum atomic E-state index is -0.159. The first-order chi connectivity index (χ1) is 9.50. The zero-order valence-electron chi connectivity index (χ0n) is 12.5. The molecule has 0 heterocycles. The lowest BCUT2D eigenvalue weighted by Crippen LogP contribution is -2.44. The summed E-state index contributed by atoms with van der Waals surface area (Å²) in [6.07, 6.45) is 4.20. The molecule has 2 rings (SSSR count). The maximum Gasteiger partial charge on any atom is 0.123 e. The van der Waals surface area contributed by atoms with Crippen LogP contribution in [0.4, 0.5) is 4.39 Å². The Hall–Kier alpha value is -0.930. The number of hydrogen-bond acceptors (Lipinski definition) is 2. The van der Waals surface area contributed by atoms with Gasteiger partial charge in [0.1, 0.15) is 5.82 Å². The summed E-state index contributed by atoms with van der Waals surface area (Å²) in [5.41, 5.74) is 1.49. The molecule has 1 saturated carbocycles. The number of aliphatic hydroxyl groups is 1. The smallest absolute Gasteiger partial charge is 0.123 e. The minimum absolute atomic E-state index is 0.159. The average molecular weight is 279 g/mol. The standard InChI is InChI=1S/C17H26FNO/c1-17(2,8-3-9-20)12-19-16-10-14(11-16)13-4-6-15(18)7-5-13/h4-7,14,16,19-20H,3,8-12H2,1-2H3. The average Bonchev–Trinajstić information content (AvgIpc) is 2.36. The lowest BCUT2D eigenvalue weighted by Gasteiger charge is -2.38. The van der Waals surface area contributed by atoms with E-state index in [1.165, 1.54) is 5.56 Å². The molecular formula is C17H26FNO. The highest BCUT2D eigenvalue weighted by Gasteiger charge is 2.31.